The second kappa shape index (κ2) is 10.1. The molecular formula is C26H31N3O5S. The number of H-pyrrole nitrogens is 1. The zero-order chi connectivity index (χ0) is 24.5. The SMILES string of the molecule is Cc1cc(C(=O)COC(=O)CCc2nc3sc4c(c3c(=O)[nH]2)CCCC4)c(C)n1C[C@H]1CCCO1. The fourth-order valence-electron chi connectivity index (χ4n) is 5.20. The summed E-state index contributed by atoms with van der Waals surface area (Å²) < 4.78 is 13.1. The number of fused-ring (bicyclic) bond motifs is 3. The van der Waals surface area contributed by atoms with Gasteiger partial charge in [-0.2, -0.15) is 0 Å². The third-order valence-electron chi connectivity index (χ3n) is 7.09. The Morgan fingerprint density at radius 2 is 2.09 bits per heavy atom. The summed E-state index contributed by atoms with van der Waals surface area (Å²) in [6, 6.07) is 1.85. The highest BCUT2D eigenvalue weighted by atomic mass is 32.1. The molecule has 0 saturated carbocycles. The van der Waals surface area contributed by atoms with Crippen LogP contribution in [0.4, 0.5) is 0 Å². The number of aromatic nitrogens is 3. The molecule has 5 rings (SSSR count). The van der Waals surface area contributed by atoms with Crippen LogP contribution in [0.15, 0.2) is 10.9 Å². The van der Waals surface area contributed by atoms with Crippen molar-refractivity contribution in [3.05, 3.63) is 49.6 Å². The number of nitrogens with zero attached hydrogens (tertiary/aromatic N) is 2. The topological polar surface area (TPSA) is 103 Å². The number of rotatable bonds is 8. The minimum Gasteiger partial charge on any atom is -0.457 e. The number of hydrogen-bond acceptors (Lipinski definition) is 7. The first kappa shape index (κ1) is 23.9. The Morgan fingerprint density at radius 1 is 1.26 bits per heavy atom. The van der Waals surface area contributed by atoms with Crippen LogP contribution >= 0.6 is 11.3 Å². The van der Waals surface area contributed by atoms with Gasteiger partial charge in [0.05, 0.1) is 17.9 Å². The molecule has 3 aromatic rings. The lowest BCUT2D eigenvalue weighted by Crippen LogP contribution is -2.18. The molecule has 0 amide bonds. The molecular weight excluding hydrogens is 466 g/mol. The lowest BCUT2D eigenvalue weighted by atomic mass is 9.97. The van der Waals surface area contributed by atoms with Crippen LogP contribution in [-0.4, -0.2) is 45.6 Å². The van der Waals surface area contributed by atoms with Gasteiger partial charge in [0.25, 0.3) is 5.56 Å². The van der Waals surface area contributed by atoms with Gasteiger partial charge in [0, 0.05) is 41.4 Å². The summed E-state index contributed by atoms with van der Waals surface area (Å²) in [5.74, 6) is -0.232. The quantitative estimate of drug-likeness (QED) is 0.375. The van der Waals surface area contributed by atoms with Gasteiger partial charge in [-0.1, -0.05) is 0 Å². The molecule has 0 spiro atoms. The van der Waals surface area contributed by atoms with E-state index in [4.69, 9.17) is 9.47 Å². The van der Waals surface area contributed by atoms with Crippen LogP contribution in [-0.2, 0) is 40.1 Å². The van der Waals surface area contributed by atoms with E-state index < -0.39 is 5.97 Å². The summed E-state index contributed by atoms with van der Waals surface area (Å²) in [6.45, 7) is 5.10. The Morgan fingerprint density at radius 3 is 2.89 bits per heavy atom. The molecule has 0 bridgehead atoms. The number of esters is 1. The van der Waals surface area contributed by atoms with Gasteiger partial charge in [0.2, 0.25) is 5.78 Å². The van der Waals surface area contributed by atoms with Gasteiger partial charge in [-0.25, -0.2) is 4.98 Å². The lowest BCUT2D eigenvalue weighted by molar-refractivity contribution is -0.142. The molecule has 0 radical (unpaired) electrons. The van der Waals surface area contributed by atoms with E-state index in [1.165, 1.54) is 4.88 Å². The van der Waals surface area contributed by atoms with Crippen molar-refractivity contribution in [3.63, 3.8) is 0 Å². The first-order valence-electron chi connectivity index (χ1n) is 12.4. The van der Waals surface area contributed by atoms with E-state index >= 15 is 0 Å². The fraction of sp³-hybridized carbons (Fsp3) is 0.538. The number of Topliss-reactive ketones (excluding diaryl/α,β-unsaturated/α-hetero) is 1. The van der Waals surface area contributed by atoms with Gasteiger partial charge in [-0.05, 0) is 64.0 Å². The zero-order valence-electron chi connectivity index (χ0n) is 20.3. The van der Waals surface area contributed by atoms with Crippen LogP contribution in [0.1, 0.15) is 70.1 Å². The second-order valence-electron chi connectivity index (χ2n) is 9.52. The third-order valence-corrected chi connectivity index (χ3v) is 8.27. The van der Waals surface area contributed by atoms with Crippen LogP contribution in [0.5, 0.6) is 0 Å². The fourth-order valence-corrected chi connectivity index (χ4v) is 6.48. The standard InChI is InChI=1S/C26H31N3O5S/c1-15-12-19(16(2)29(15)13-17-6-5-11-33-17)20(30)14-34-23(31)10-9-22-27-25(32)24-18-7-3-4-8-21(18)35-26(24)28-22/h12,17H,3-11,13-14H2,1-2H3,(H,27,28,32)/t17-/m1/s1. The second-order valence-corrected chi connectivity index (χ2v) is 10.6. The van der Waals surface area contributed by atoms with Gasteiger partial charge in [0.1, 0.15) is 10.7 Å². The van der Waals surface area contributed by atoms with Crippen molar-refractivity contribution in [1.29, 1.82) is 0 Å². The Labute approximate surface area is 207 Å². The van der Waals surface area contributed by atoms with E-state index in [9.17, 15) is 14.4 Å². The smallest absolute Gasteiger partial charge is 0.306 e. The zero-order valence-corrected chi connectivity index (χ0v) is 21.1. The summed E-state index contributed by atoms with van der Waals surface area (Å²) >= 11 is 1.59. The average molecular weight is 498 g/mol. The van der Waals surface area contributed by atoms with Gasteiger partial charge in [-0.3, -0.25) is 14.4 Å². The number of ketones is 1. The molecule has 0 unspecified atom stereocenters. The van der Waals surface area contributed by atoms with Crippen molar-refractivity contribution >= 4 is 33.3 Å². The Hall–Kier alpha value is -2.78. The van der Waals surface area contributed by atoms with E-state index in [1.54, 1.807) is 11.3 Å². The van der Waals surface area contributed by atoms with Gasteiger partial charge < -0.3 is 19.0 Å². The van der Waals surface area contributed by atoms with Gasteiger partial charge >= 0.3 is 5.97 Å². The molecule has 1 atom stereocenters. The van der Waals surface area contributed by atoms with Crippen LogP contribution in [0.25, 0.3) is 10.2 Å². The summed E-state index contributed by atoms with van der Waals surface area (Å²) in [5, 5.41) is 0.707. The molecule has 1 saturated heterocycles. The van der Waals surface area contributed by atoms with Crippen molar-refractivity contribution < 1.29 is 19.1 Å². The van der Waals surface area contributed by atoms with Crippen LogP contribution < -0.4 is 5.56 Å². The first-order valence-corrected chi connectivity index (χ1v) is 13.2. The first-order chi connectivity index (χ1) is 16.9. The van der Waals surface area contributed by atoms with Crippen LogP contribution in [0.3, 0.4) is 0 Å². The van der Waals surface area contributed by atoms with E-state index in [0.29, 0.717) is 16.8 Å². The molecule has 1 N–H and O–H groups in total. The predicted octanol–water partition coefficient (Wildman–Crippen LogP) is 3.82. The molecule has 186 valence electrons. The maximum Gasteiger partial charge on any atom is 0.306 e. The summed E-state index contributed by atoms with van der Waals surface area (Å²) in [4.78, 5) is 47.2. The molecule has 2 aliphatic rings. The Bertz CT molecular complexity index is 1330. The lowest BCUT2D eigenvalue weighted by Gasteiger charge is -2.14. The van der Waals surface area contributed by atoms with Crippen molar-refractivity contribution in [2.45, 2.75) is 77.9 Å². The Kier molecular flexibility index (Phi) is 6.88. The number of carbonyl (C=O) groups is 2. The van der Waals surface area contributed by atoms with E-state index in [2.05, 4.69) is 14.5 Å². The average Bonchev–Trinajstić information content (AvgIpc) is 3.55. The molecule has 9 heteroatoms. The van der Waals surface area contributed by atoms with E-state index in [-0.39, 0.29) is 36.9 Å². The molecule has 1 aliphatic carbocycles. The van der Waals surface area contributed by atoms with Gasteiger partial charge in [0.15, 0.2) is 6.61 Å². The molecule has 8 nitrogen and oxygen atoms in total. The molecule has 1 fully saturated rings. The highest BCUT2D eigenvalue weighted by Gasteiger charge is 2.22. The predicted molar refractivity (Wildman–Crippen MR) is 133 cm³/mol. The number of ether oxygens (including phenoxy) is 2. The van der Waals surface area contributed by atoms with Gasteiger partial charge in [-0.15, -0.1) is 11.3 Å². The normalized spacial score (nSPS) is 17.6. The van der Waals surface area contributed by atoms with E-state index in [1.807, 2.05) is 19.9 Å². The monoisotopic (exact) mass is 497 g/mol. The summed E-state index contributed by atoms with van der Waals surface area (Å²) in [6.07, 6.45) is 6.76. The molecule has 35 heavy (non-hydrogen) atoms. The highest BCUT2D eigenvalue weighted by molar-refractivity contribution is 7.18. The number of hydrogen-bond donors (Lipinski definition) is 1. The molecule has 4 heterocycles. The maximum atomic E-state index is 12.8. The largest absolute Gasteiger partial charge is 0.457 e. The Balaban J connectivity index is 1.17. The number of nitrogens with one attached hydrogen (secondary N) is 1. The summed E-state index contributed by atoms with van der Waals surface area (Å²) in [7, 11) is 0. The number of thiophene rings is 1. The van der Waals surface area contributed by atoms with Crippen molar-refractivity contribution in [3.8, 4) is 0 Å². The minimum absolute atomic E-state index is 0.0465. The van der Waals surface area contributed by atoms with Crippen LogP contribution in [0.2, 0.25) is 0 Å². The van der Waals surface area contributed by atoms with Crippen LogP contribution in [0, 0.1) is 13.8 Å². The minimum atomic E-state index is -0.486. The van der Waals surface area contributed by atoms with Crippen molar-refractivity contribution in [1.82, 2.24) is 14.5 Å². The van der Waals surface area contributed by atoms with Crippen molar-refractivity contribution in [2.24, 2.45) is 0 Å². The highest BCUT2D eigenvalue weighted by Crippen LogP contribution is 2.33. The molecule has 3 aromatic heterocycles. The third kappa shape index (κ3) is 4.97. The molecule has 1 aliphatic heterocycles. The molecule has 0 aromatic carbocycles. The number of aryl methyl sites for hydroxylation is 4. The number of carbonyl (C=O) groups excluding carboxylic acids is 2. The number of aromatic amines is 1. The van der Waals surface area contributed by atoms with E-state index in [0.717, 1.165) is 73.5 Å². The van der Waals surface area contributed by atoms with Crippen molar-refractivity contribution in [2.75, 3.05) is 13.2 Å². The maximum absolute atomic E-state index is 12.8. The summed E-state index contributed by atoms with van der Waals surface area (Å²) in [5.41, 5.74) is 3.45.